The van der Waals surface area contributed by atoms with Crippen molar-refractivity contribution in [1.82, 2.24) is 0 Å². The van der Waals surface area contributed by atoms with Crippen molar-refractivity contribution in [1.29, 1.82) is 0 Å². The zero-order valence-electron chi connectivity index (χ0n) is 18.9. The fourth-order valence-corrected chi connectivity index (χ4v) is 4.67. The average Bonchev–Trinajstić information content (AvgIpc) is 2.30. The Morgan fingerprint density at radius 3 is 1.28 bits per heavy atom. The van der Waals surface area contributed by atoms with Gasteiger partial charge in [-0.15, -0.1) is 0 Å². The predicted octanol–water partition coefficient (Wildman–Crippen LogP) is 5.23. The van der Waals surface area contributed by atoms with Gasteiger partial charge in [0.15, 0.2) is 0 Å². The molecule has 0 aliphatic carbocycles. The van der Waals surface area contributed by atoms with Gasteiger partial charge >= 0.3 is 0 Å². The fraction of sp³-hybridized carbons (Fsp3) is 0.955. The molecule has 0 aliphatic rings. The topological polar surface area (TPSA) is 57.5 Å². The van der Waals surface area contributed by atoms with Crippen LogP contribution >= 0.6 is 0 Å². The van der Waals surface area contributed by atoms with Gasteiger partial charge in [0, 0.05) is 10.8 Å². The van der Waals surface area contributed by atoms with Crippen molar-refractivity contribution in [3.05, 3.63) is 0 Å². The van der Waals surface area contributed by atoms with Crippen LogP contribution in [0.4, 0.5) is 0 Å². The maximum atomic E-state index is 12.8. The molecule has 0 saturated carbocycles. The predicted molar refractivity (Wildman–Crippen MR) is 107 cm³/mol. The molecule has 0 aromatic heterocycles. The molecule has 0 aliphatic heterocycles. The molecule has 2 atom stereocenters. The average molecular weight is 357 g/mol. The molecule has 0 spiro atoms. The summed E-state index contributed by atoms with van der Waals surface area (Å²) in [6.07, 6.45) is -0.405. The van der Waals surface area contributed by atoms with Crippen molar-refractivity contribution >= 4 is 5.78 Å². The van der Waals surface area contributed by atoms with Crippen LogP contribution in [0.25, 0.3) is 0 Å². The molecule has 2 unspecified atom stereocenters. The number of ketones is 1. The van der Waals surface area contributed by atoms with Gasteiger partial charge in [0.25, 0.3) is 0 Å². The molecule has 2 N–H and O–H groups in total. The fourth-order valence-electron chi connectivity index (χ4n) is 4.67. The minimum absolute atomic E-state index is 0.0653. The molecule has 0 rings (SSSR count). The second-order valence-corrected chi connectivity index (χ2v) is 12.2. The summed E-state index contributed by atoms with van der Waals surface area (Å²) in [5.74, 6) is 0.184. The Morgan fingerprint density at radius 1 is 0.680 bits per heavy atom. The highest BCUT2D eigenvalue weighted by Crippen LogP contribution is 2.45. The van der Waals surface area contributed by atoms with E-state index in [1.165, 1.54) is 0 Å². The SMILES string of the molecule is CC(C)(C)CC(C)(C)C(O)C(O)C(C)(C)CC(C)(C)C(=O)C(C)(C)C. The summed E-state index contributed by atoms with van der Waals surface area (Å²) in [7, 11) is 0. The van der Waals surface area contributed by atoms with E-state index in [1.807, 2.05) is 62.3 Å². The van der Waals surface area contributed by atoms with Crippen molar-refractivity contribution in [3.63, 3.8) is 0 Å². The van der Waals surface area contributed by atoms with E-state index in [-0.39, 0.29) is 11.2 Å². The largest absolute Gasteiger partial charge is 0.390 e. The number of carbonyl (C=O) groups excluding carboxylic acids is 1. The Bertz CT molecular complexity index is 459. The maximum absolute atomic E-state index is 12.8. The summed E-state index contributed by atoms with van der Waals surface area (Å²) in [6, 6.07) is 0. The molecule has 0 bridgehead atoms. The molecule has 150 valence electrons. The molecule has 25 heavy (non-hydrogen) atoms. The number of Topliss-reactive ketones (excluding diaryl/α,β-unsaturated/α-hetero) is 1. The first-order valence-corrected chi connectivity index (χ1v) is 9.55. The van der Waals surface area contributed by atoms with E-state index in [0.29, 0.717) is 6.42 Å². The third kappa shape index (κ3) is 7.02. The molecule has 0 fully saturated rings. The summed E-state index contributed by atoms with van der Waals surface area (Å²) < 4.78 is 0. The lowest BCUT2D eigenvalue weighted by atomic mass is 9.62. The highest BCUT2D eigenvalue weighted by Gasteiger charge is 2.47. The first-order chi connectivity index (χ1) is 10.6. The molecule has 3 nitrogen and oxygen atoms in total. The molecule has 0 heterocycles. The van der Waals surface area contributed by atoms with E-state index in [4.69, 9.17) is 0 Å². The molecule has 3 heteroatoms. The van der Waals surface area contributed by atoms with Crippen LogP contribution in [-0.2, 0) is 4.79 Å². The first-order valence-electron chi connectivity index (χ1n) is 9.55. The molecular weight excluding hydrogens is 312 g/mol. The number of hydrogen-bond donors (Lipinski definition) is 2. The Labute approximate surface area is 156 Å². The zero-order valence-corrected chi connectivity index (χ0v) is 18.9. The number of hydrogen-bond acceptors (Lipinski definition) is 3. The first kappa shape index (κ1) is 24.6. The number of aliphatic hydroxyl groups is 2. The monoisotopic (exact) mass is 356 g/mol. The summed E-state index contributed by atoms with van der Waals surface area (Å²) in [6.45, 7) is 24.0. The van der Waals surface area contributed by atoms with E-state index in [2.05, 4.69) is 20.8 Å². The highest BCUT2D eigenvalue weighted by atomic mass is 16.3. The standard InChI is InChI=1S/C22H44O3/c1-18(2,3)13-20(7,8)15(23)16(24)21(9,10)14-22(11,12)17(25)19(4,5)6/h15-16,23-24H,13-14H2,1-12H3. The van der Waals surface area contributed by atoms with Crippen LogP contribution in [0.2, 0.25) is 0 Å². The van der Waals surface area contributed by atoms with Crippen molar-refractivity contribution in [2.45, 2.75) is 108 Å². The Balaban J connectivity index is 5.41. The smallest absolute Gasteiger partial charge is 0.143 e. The van der Waals surface area contributed by atoms with Crippen LogP contribution in [0.5, 0.6) is 0 Å². The Hall–Kier alpha value is -0.410. The quantitative estimate of drug-likeness (QED) is 0.657. The van der Waals surface area contributed by atoms with Gasteiger partial charge < -0.3 is 10.2 Å². The highest BCUT2D eigenvalue weighted by molar-refractivity contribution is 5.88. The van der Waals surface area contributed by atoms with Crippen molar-refractivity contribution in [2.24, 2.45) is 27.1 Å². The summed E-state index contributed by atoms with van der Waals surface area (Å²) in [4.78, 5) is 12.8. The van der Waals surface area contributed by atoms with Crippen LogP contribution in [0.1, 0.15) is 95.9 Å². The molecule has 0 radical (unpaired) electrons. The number of aliphatic hydroxyl groups excluding tert-OH is 2. The summed E-state index contributed by atoms with van der Waals surface area (Å²) in [5.41, 5.74) is -1.90. The van der Waals surface area contributed by atoms with E-state index < -0.39 is 33.9 Å². The lowest BCUT2D eigenvalue weighted by Crippen LogP contribution is -2.50. The van der Waals surface area contributed by atoms with E-state index >= 15 is 0 Å². The Morgan fingerprint density at radius 2 is 1.00 bits per heavy atom. The van der Waals surface area contributed by atoms with Gasteiger partial charge in [0.05, 0.1) is 12.2 Å². The van der Waals surface area contributed by atoms with E-state index in [9.17, 15) is 15.0 Å². The second-order valence-electron chi connectivity index (χ2n) is 12.2. The van der Waals surface area contributed by atoms with Gasteiger partial charge in [-0.05, 0) is 29.1 Å². The third-order valence-electron chi connectivity index (χ3n) is 5.08. The van der Waals surface area contributed by atoms with Crippen LogP contribution < -0.4 is 0 Å². The van der Waals surface area contributed by atoms with Crippen LogP contribution in [0.3, 0.4) is 0 Å². The van der Waals surface area contributed by atoms with Gasteiger partial charge in [0.2, 0.25) is 0 Å². The van der Waals surface area contributed by atoms with Crippen LogP contribution in [0.15, 0.2) is 0 Å². The number of rotatable bonds is 7. The number of carbonyl (C=O) groups is 1. The Kier molecular flexibility index (Phi) is 7.19. The van der Waals surface area contributed by atoms with Crippen molar-refractivity contribution < 1.29 is 15.0 Å². The van der Waals surface area contributed by atoms with E-state index in [0.717, 1.165) is 6.42 Å². The van der Waals surface area contributed by atoms with Crippen molar-refractivity contribution in [3.8, 4) is 0 Å². The van der Waals surface area contributed by atoms with E-state index in [1.54, 1.807) is 0 Å². The van der Waals surface area contributed by atoms with Crippen molar-refractivity contribution in [2.75, 3.05) is 0 Å². The van der Waals surface area contributed by atoms with Gasteiger partial charge in [-0.25, -0.2) is 0 Å². The lowest BCUT2D eigenvalue weighted by Gasteiger charge is -2.46. The molecule has 0 saturated heterocycles. The summed E-state index contributed by atoms with van der Waals surface area (Å²) >= 11 is 0. The molecular formula is C22H44O3. The third-order valence-corrected chi connectivity index (χ3v) is 5.08. The maximum Gasteiger partial charge on any atom is 0.143 e. The minimum atomic E-state index is -0.892. The lowest BCUT2D eigenvalue weighted by molar-refractivity contribution is -0.143. The molecule has 0 amide bonds. The minimum Gasteiger partial charge on any atom is -0.390 e. The normalized spacial score (nSPS) is 17.4. The molecule has 0 aromatic rings. The van der Waals surface area contributed by atoms with Gasteiger partial charge in [-0.2, -0.15) is 0 Å². The second kappa shape index (κ2) is 7.31. The van der Waals surface area contributed by atoms with Gasteiger partial charge in [-0.3, -0.25) is 4.79 Å². The zero-order chi connectivity index (χ0) is 20.6. The van der Waals surface area contributed by atoms with Gasteiger partial charge in [-0.1, -0.05) is 83.1 Å². The van der Waals surface area contributed by atoms with Crippen LogP contribution in [-0.4, -0.2) is 28.2 Å². The van der Waals surface area contributed by atoms with Crippen LogP contribution in [0, 0.1) is 27.1 Å². The summed E-state index contributed by atoms with van der Waals surface area (Å²) in [5, 5.41) is 21.9. The molecule has 0 aromatic carbocycles. The van der Waals surface area contributed by atoms with Gasteiger partial charge in [0.1, 0.15) is 5.78 Å².